The number of methoxy groups -OCH3 is 1. The minimum Gasteiger partial charge on any atom is -0.872 e. The van der Waals surface area contributed by atoms with E-state index in [0.717, 1.165) is 13.0 Å². The van der Waals surface area contributed by atoms with Gasteiger partial charge in [0.05, 0.1) is 46.5 Å². The summed E-state index contributed by atoms with van der Waals surface area (Å²) >= 11 is 0. The van der Waals surface area contributed by atoms with Crippen molar-refractivity contribution in [3.63, 3.8) is 0 Å². The molecule has 0 spiro atoms. The molecular formula is C29H38N2O6. The zero-order valence-corrected chi connectivity index (χ0v) is 22.6. The number of benzene rings is 2. The molecule has 1 aliphatic heterocycles. The highest BCUT2D eigenvalue weighted by atomic mass is 16.5. The van der Waals surface area contributed by atoms with Crippen LogP contribution in [0.4, 0.5) is 0 Å². The molecule has 1 aliphatic rings. The van der Waals surface area contributed by atoms with E-state index in [0.29, 0.717) is 47.9 Å². The number of ether oxygens (including phenoxy) is 3. The number of ketones is 1. The van der Waals surface area contributed by atoms with Crippen molar-refractivity contribution in [3.05, 3.63) is 59.2 Å². The third-order valence-electron chi connectivity index (χ3n) is 6.06. The fourth-order valence-corrected chi connectivity index (χ4v) is 4.35. The first-order valence-corrected chi connectivity index (χ1v) is 12.8. The fourth-order valence-electron chi connectivity index (χ4n) is 4.35. The lowest BCUT2D eigenvalue weighted by atomic mass is 9.95. The third-order valence-corrected chi connectivity index (χ3v) is 6.06. The number of amides is 1. The Morgan fingerprint density at radius 2 is 1.78 bits per heavy atom. The fraction of sp³-hybridized carbons (Fsp3) is 0.448. The number of rotatable bonds is 12. The molecule has 1 heterocycles. The standard InChI is InChI=1S/C29H38N2O6/c1-7-17-36-23-14-11-21(18-24(23)35-6)26-25(28(33)29(34)31(26)16-8-15-30(4)5)27(32)20-9-12-22(13-10-20)37-19(2)3/h9-14,18-19,26,32H,7-8,15-17H2,1-6H3/b27-25+. The van der Waals surface area contributed by atoms with Crippen LogP contribution in [0, 0.1) is 0 Å². The first-order chi connectivity index (χ1) is 17.7. The molecule has 200 valence electrons. The molecule has 0 aliphatic carbocycles. The number of hydrogen-bond acceptors (Lipinski definition) is 6. The van der Waals surface area contributed by atoms with Crippen molar-refractivity contribution in [1.29, 1.82) is 0 Å². The van der Waals surface area contributed by atoms with Crippen LogP contribution in [0.3, 0.4) is 0 Å². The molecule has 1 unspecified atom stereocenters. The van der Waals surface area contributed by atoms with E-state index in [2.05, 4.69) is 0 Å². The van der Waals surface area contributed by atoms with Crippen LogP contribution in [0.2, 0.25) is 0 Å². The summed E-state index contributed by atoms with van der Waals surface area (Å²) in [5.74, 6) is -0.211. The molecule has 0 aromatic heterocycles. The Kier molecular flexibility index (Phi) is 9.58. The molecule has 2 aromatic rings. The number of carbonyl (C=O) groups is 2. The largest absolute Gasteiger partial charge is 0.872 e. The van der Waals surface area contributed by atoms with E-state index in [1.165, 1.54) is 16.9 Å². The van der Waals surface area contributed by atoms with Gasteiger partial charge in [0.2, 0.25) is 5.78 Å². The summed E-state index contributed by atoms with van der Waals surface area (Å²) in [6.45, 7) is 7.55. The summed E-state index contributed by atoms with van der Waals surface area (Å²) in [4.78, 5) is 29.2. The SMILES string of the molecule is CCCOc1ccc(C2/C(=C(\[O-])c3ccc(OC(C)C)cc3)C(=O)C(=O)N2CCC[NH+](C)C)cc1OC. The summed E-state index contributed by atoms with van der Waals surface area (Å²) < 4.78 is 17.0. The predicted molar refractivity (Wildman–Crippen MR) is 140 cm³/mol. The maximum absolute atomic E-state index is 13.7. The smallest absolute Gasteiger partial charge is 0.295 e. The Labute approximate surface area is 219 Å². The van der Waals surface area contributed by atoms with Gasteiger partial charge in [-0.25, -0.2) is 0 Å². The molecule has 1 amide bonds. The van der Waals surface area contributed by atoms with Crippen LogP contribution >= 0.6 is 0 Å². The van der Waals surface area contributed by atoms with Crippen molar-refractivity contribution in [2.75, 3.05) is 40.9 Å². The first kappa shape index (κ1) is 28.1. The Balaban J connectivity index is 2.08. The van der Waals surface area contributed by atoms with Crippen LogP contribution in [0.25, 0.3) is 5.76 Å². The van der Waals surface area contributed by atoms with E-state index in [9.17, 15) is 14.7 Å². The van der Waals surface area contributed by atoms with E-state index in [4.69, 9.17) is 14.2 Å². The van der Waals surface area contributed by atoms with Crippen LogP contribution in [0.15, 0.2) is 48.0 Å². The number of nitrogens with one attached hydrogen (secondary N) is 1. The van der Waals surface area contributed by atoms with Gasteiger partial charge in [-0.05, 0) is 55.7 Å². The summed E-state index contributed by atoms with van der Waals surface area (Å²) in [6.07, 6.45) is 1.52. The second kappa shape index (κ2) is 12.6. The minimum atomic E-state index is -0.814. The predicted octanol–water partition coefficient (Wildman–Crippen LogP) is 2.03. The Morgan fingerprint density at radius 3 is 2.38 bits per heavy atom. The van der Waals surface area contributed by atoms with Gasteiger partial charge in [-0.1, -0.05) is 30.9 Å². The highest BCUT2D eigenvalue weighted by molar-refractivity contribution is 6.46. The molecular weight excluding hydrogens is 472 g/mol. The number of quaternary nitrogens is 1. The number of carbonyl (C=O) groups excluding carboxylic acids is 2. The second-order valence-corrected chi connectivity index (χ2v) is 9.73. The maximum Gasteiger partial charge on any atom is 0.295 e. The first-order valence-electron chi connectivity index (χ1n) is 12.8. The lowest BCUT2D eigenvalue weighted by Crippen LogP contribution is -3.05. The zero-order valence-electron chi connectivity index (χ0n) is 22.6. The van der Waals surface area contributed by atoms with Crippen molar-refractivity contribution in [2.45, 2.75) is 45.8 Å². The highest BCUT2D eigenvalue weighted by Gasteiger charge is 2.44. The van der Waals surface area contributed by atoms with Gasteiger partial charge in [-0.3, -0.25) is 9.59 Å². The topological polar surface area (TPSA) is 92.6 Å². The summed E-state index contributed by atoms with van der Waals surface area (Å²) in [6, 6.07) is 11.1. The van der Waals surface area contributed by atoms with E-state index >= 15 is 0 Å². The third kappa shape index (κ3) is 6.63. The van der Waals surface area contributed by atoms with Crippen molar-refractivity contribution >= 4 is 17.4 Å². The average Bonchev–Trinajstić information content (AvgIpc) is 3.12. The van der Waals surface area contributed by atoms with E-state index in [-0.39, 0.29) is 11.7 Å². The molecule has 0 bridgehead atoms. The molecule has 1 fully saturated rings. The number of nitrogens with zero attached hydrogens (tertiary/aromatic N) is 1. The summed E-state index contributed by atoms with van der Waals surface area (Å²) in [7, 11) is 5.60. The van der Waals surface area contributed by atoms with Gasteiger partial charge in [0.25, 0.3) is 5.91 Å². The highest BCUT2D eigenvalue weighted by Crippen LogP contribution is 2.41. The van der Waals surface area contributed by atoms with E-state index < -0.39 is 23.5 Å². The van der Waals surface area contributed by atoms with Crippen molar-refractivity contribution in [2.24, 2.45) is 0 Å². The van der Waals surface area contributed by atoms with E-state index in [1.807, 2.05) is 34.9 Å². The molecule has 8 heteroatoms. The average molecular weight is 511 g/mol. The molecule has 1 N–H and O–H groups in total. The van der Waals surface area contributed by atoms with Gasteiger partial charge in [0.15, 0.2) is 11.5 Å². The molecule has 0 saturated carbocycles. The van der Waals surface area contributed by atoms with Gasteiger partial charge < -0.3 is 29.1 Å². The van der Waals surface area contributed by atoms with Gasteiger partial charge >= 0.3 is 0 Å². The van der Waals surface area contributed by atoms with Crippen molar-refractivity contribution in [1.82, 2.24) is 4.90 Å². The Hall–Kier alpha value is -3.52. The minimum absolute atomic E-state index is 0.00819. The van der Waals surface area contributed by atoms with Gasteiger partial charge in [-0.15, -0.1) is 0 Å². The molecule has 0 radical (unpaired) electrons. The van der Waals surface area contributed by atoms with Crippen LogP contribution in [-0.2, 0) is 9.59 Å². The van der Waals surface area contributed by atoms with E-state index in [1.54, 1.807) is 42.5 Å². The lowest BCUT2D eigenvalue weighted by Gasteiger charge is -2.28. The molecule has 1 saturated heterocycles. The lowest BCUT2D eigenvalue weighted by molar-refractivity contribution is -0.858. The summed E-state index contributed by atoms with van der Waals surface area (Å²) in [5, 5.41) is 13.7. The quantitative estimate of drug-likeness (QED) is 0.267. The Bertz CT molecular complexity index is 1120. The van der Waals surface area contributed by atoms with Crippen molar-refractivity contribution < 1.29 is 33.8 Å². The summed E-state index contributed by atoms with van der Waals surface area (Å²) in [5.41, 5.74) is 0.899. The van der Waals surface area contributed by atoms with Crippen LogP contribution in [0.1, 0.15) is 50.8 Å². The molecule has 8 nitrogen and oxygen atoms in total. The van der Waals surface area contributed by atoms with Crippen molar-refractivity contribution in [3.8, 4) is 17.2 Å². The molecule has 37 heavy (non-hydrogen) atoms. The van der Waals surface area contributed by atoms with Crippen LogP contribution in [-0.4, -0.2) is 63.6 Å². The normalized spacial score (nSPS) is 17.1. The molecule has 2 aromatic carbocycles. The zero-order chi connectivity index (χ0) is 27.1. The van der Waals surface area contributed by atoms with Gasteiger partial charge in [-0.2, -0.15) is 0 Å². The van der Waals surface area contributed by atoms with Gasteiger partial charge in [0, 0.05) is 18.5 Å². The maximum atomic E-state index is 13.7. The second-order valence-electron chi connectivity index (χ2n) is 9.73. The Morgan fingerprint density at radius 1 is 1.08 bits per heavy atom. The molecule has 3 rings (SSSR count). The number of hydrogen-bond donors (Lipinski definition) is 1. The monoisotopic (exact) mass is 510 g/mol. The molecule has 1 atom stereocenters. The number of likely N-dealkylation sites (tertiary alicyclic amines) is 1. The van der Waals surface area contributed by atoms with Gasteiger partial charge in [0.1, 0.15) is 5.75 Å². The van der Waals surface area contributed by atoms with Crippen LogP contribution in [0.5, 0.6) is 17.2 Å². The number of Topliss-reactive ketones (excluding diaryl/α,β-unsaturated/α-hetero) is 1. The van der Waals surface area contributed by atoms with Crippen LogP contribution < -0.4 is 24.2 Å².